The zero-order valence-electron chi connectivity index (χ0n) is 8.17. The summed E-state index contributed by atoms with van der Waals surface area (Å²) in [6.45, 7) is 4.77. The lowest BCUT2D eigenvalue weighted by atomic mass is 10.1. The zero-order valence-corrected chi connectivity index (χ0v) is 8.17. The molecule has 1 saturated heterocycles. The number of ether oxygens (including phenoxy) is 2. The Labute approximate surface area is 77.2 Å². The molecule has 0 bridgehead atoms. The van der Waals surface area contributed by atoms with Crippen LogP contribution in [0.25, 0.3) is 0 Å². The van der Waals surface area contributed by atoms with Crippen molar-refractivity contribution in [1.29, 1.82) is 0 Å². The minimum Gasteiger partial charge on any atom is -0.457 e. The summed E-state index contributed by atoms with van der Waals surface area (Å²) in [4.78, 5) is 11.1. The Bertz CT molecular complexity index is 198. The number of rotatable bonds is 2. The number of carbonyl (C=O) groups excluding carboxylic acids is 1. The molecule has 1 aliphatic heterocycles. The summed E-state index contributed by atoms with van der Waals surface area (Å²) in [6, 6.07) is 0. The molecule has 2 unspecified atom stereocenters. The van der Waals surface area contributed by atoms with Crippen molar-refractivity contribution in [3.05, 3.63) is 0 Å². The SMILES string of the molecule is CC1OCCC1OC(=O)C(C)(C)F. The first-order valence-electron chi connectivity index (χ1n) is 4.43. The molecule has 0 radical (unpaired) electrons. The number of halogens is 1. The molecule has 0 aliphatic carbocycles. The number of carbonyl (C=O) groups is 1. The maximum Gasteiger partial charge on any atom is 0.343 e. The van der Waals surface area contributed by atoms with Crippen LogP contribution in [0.15, 0.2) is 0 Å². The van der Waals surface area contributed by atoms with Crippen LogP contribution in [0.5, 0.6) is 0 Å². The fourth-order valence-electron chi connectivity index (χ4n) is 1.14. The molecule has 76 valence electrons. The molecule has 4 heteroatoms. The average Bonchev–Trinajstić information content (AvgIpc) is 2.34. The van der Waals surface area contributed by atoms with Crippen LogP contribution in [-0.2, 0) is 14.3 Å². The summed E-state index contributed by atoms with van der Waals surface area (Å²) < 4.78 is 23.2. The summed E-state index contributed by atoms with van der Waals surface area (Å²) in [7, 11) is 0. The molecule has 13 heavy (non-hydrogen) atoms. The number of hydrogen-bond acceptors (Lipinski definition) is 3. The predicted molar refractivity (Wildman–Crippen MR) is 45.1 cm³/mol. The van der Waals surface area contributed by atoms with E-state index in [2.05, 4.69) is 0 Å². The van der Waals surface area contributed by atoms with Gasteiger partial charge in [0.2, 0.25) is 5.67 Å². The van der Waals surface area contributed by atoms with Crippen LogP contribution in [0.1, 0.15) is 27.2 Å². The van der Waals surface area contributed by atoms with Crippen LogP contribution in [-0.4, -0.2) is 30.5 Å². The summed E-state index contributed by atoms with van der Waals surface area (Å²) in [5.74, 6) is -0.810. The molecule has 1 rings (SSSR count). The smallest absolute Gasteiger partial charge is 0.343 e. The molecule has 1 heterocycles. The van der Waals surface area contributed by atoms with Crippen molar-refractivity contribution >= 4 is 5.97 Å². The van der Waals surface area contributed by atoms with Gasteiger partial charge in [-0.25, -0.2) is 9.18 Å². The molecule has 1 fully saturated rings. The fourth-order valence-corrected chi connectivity index (χ4v) is 1.14. The Hall–Kier alpha value is -0.640. The molecule has 0 amide bonds. The normalized spacial score (nSPS) is 28.9. The van der Waals surface area contributed by atoms with Gasteiger partial charge in [0.1, 0.15) is 6.10 Å². The van der Waals surface area contributed by atoms with Crippen molar-refractivity contribution in [2.24, 2.45) is 0 Å². The zero-order chi connectivity index (χ0) is 10.1. The van der Waals surface area contributed by atoms with Gasteiger partial charge in [0.15, 0.2) is 0 Å². The maximum absolute atomic E-state index is 13.0. The van der Waals surface area contributed by atoms with Crippen LogP contribution in [0.4, 0.5) is 4.39 Å². The highest BCUT2D eigenvalue weighted by Gasteiger charge is 2.34. The van der Waals surface area contributed by atoms with Gasteiger partial charge in [0.05, 0.1) is 12.7 Å². The highest BCUT2D eigenvalue weighted by atomic mass is 19.1. The second kappa shape index (κ2) is 3.62. The molecule has 1 aliphatic rings. The van der Waals surface area contributed by atoms with E-state index in [1.807, 2.05) is 6.92 Å². The number of alkyl halides is 1. The Balaban J connectivity index is 2.45. The van der Waals surface area contributed by atoms with Gasteiger partial charge in [-0.3, -0.25) is 0 Å². The number of esters is 1. The maximum atomic E-state index is 13.0. The Morgan fingerprint density at radius 3 is 2.62 bits per heavy atom. The Kier molecular flexibility index (Phi) is 2.91. The standard InChI is InChI=1S/C9H15FO3/c1-6-7(4-5-12-6)13-8(11)9(2,3)10/h6-7H,4-5H2,1-3H3. The second-order valence-electron chi connectivity index (χ2n) is 3.78. The van der Waals surface area contributed by atoms with Crippen molar-refractivity contribution in [3.63, 3.8) is 0 Å². The van der Waals surface area contributed by atoms with Crippen molar-refractivity contribution in [3.8, 4) is 0 Å². The van der Waals surface area contributed by atoms with E-state index < -0.39 is 11.6 Å². The van der Waals surface area contributed by atoms with E-state index >= 15 is 0 Å². The van der Waals surface area contributed by atoms with Gasteiger partial charge in [-0.2, -0.15) is 0 Å². The first-order valence-corrected chi connectivity index (χ1v) is 4.43. The van der Waals surface area contributed by atoms with Crippen molar-refractivity contribution in [2.75, 3.05) is 6.61 Å². The van der Waals surface area contributed by atoms with Crippen LogP contribution in [0, 0.1) is 0 Å². The average molecular weight is 190 g/mol. The van der Waals surface area contributed by atoms with Crippen molar-refractivity contribution < 1.29 is 18.7 Å². The van der Waals surface area contributed by atoms with E-state index in [9.17, 15) is 9.18 Å². The highest BCUT2D eigenvalue weighted by Crippen LogP contribution is 2.20. The van der Waals surface area contributed by atoms with Crippen molar-refractivity contribution in [1.82, 2.24) is 0 Å². The molecule has 0 spiro atoms. The van der Waals surface area contributed by atoms with E-state index in [1.165, 1.54) is 13.8 Å². The van der Waals surface area contributed by atoms with E-state index in [-0.39, 0.29) is 12.2 Å². The molecular weight excluding hydrogens is 175 g/mol. The van der Waals surface area contributed by atoms with E-state index in [4.69, 9.17) is 9.47 Å². The minimum absolute atomic E-state index is 0.119. The first kappa shape index (κ1) is 10.4. The summed E-state index contributed by atoms with van der Waals surface area (Å²) in [6.07, 6.45) is 0.247. The Morgan fingerprint density at radius 1 is 1.62 bits per heavy atom. The first-order chi connectivity index (χ1) is 5.91. The lowest BCUT2D eigenvalue weighted by Crippen LogP contribution is -2.34. The largest absolute Gasteiger partial charge is 0.457 e. The minimum atomic E-state index is -1.91. The van der Waals surface area contributed by atoms with Gasteiger partial charge in [-0.1, -0.05) is 0 Å². The van der Waals surface area contributed by atoms with Gasteiger partial charge in [-0.05, 0) is 20.8 Å². The fraction of sp³-hybridized carbons (Fsp3) is 0.889. The summed E-state index contributed by atoms with van der Waals surface area (Å²) >= 11 is 0. The van der Waals surface area contributed by atoms with Crippen LogP contribution >= 0.6 is 0 Å². The predicted octanol–water partition coefficient (Wildman–Crippen LogP) is 1.46. The lowest BCUT2D eigenvalue weighted by molar-refractivity contribution is -0.163. The molecule has 0 aromatic heterocycles. The molecule has 0 saturated carbocycles. The third-order valence-electron chi connectivity index (χ3n) is 2.05. The van der Waals surface area contributed by atoms with Gasteiger partial charge < -0.3 is 9.47 Å². The lowest BCUT2D eigenvalue weighted by Gasteiger charge is -2.19. The van der Waals surface area contributed by atoms with Gasteiger partial charge >= 0.3 is 5.97 Å². The number of hydrogen-bond donors (Lipinski definition) is 0. The van der Waals surface area contributed by atoms with E-state index in [0.29, 0.717) is 13.0 Å². The molecule has 0 aromatic rings. The molecule has 3 nitrogen and oxygen atoms in total. The second-order valence-corrected chi connectivity index (χ2v) is 3.78. The van der Waals surface area contributed by atoms with Crippen LogP contribution in [0.2, 0.25) is 0 Å². The van der Waals surface area contributed by atoms with Gasteiger partial charge in [-0.15, -0.1) is 0 Å². The van der Waals surface area contributed by atoms with Gasteiger partial charge in [0.25, 0.3) is 0 Å². The van der Waals surface area contributed by atoms with Crippen LogP contribution < -0.4 is 0 Å². The molecule has 0 N–H and O–H groups in total. The van der Waals surface area contributed by atoms with Gasteiger partial charge in [0, 0.05) is 6.42 Å². The van der Waals surface area contributed by atoms with E-state index in [0.717, 1.165) is 0 Å². The summed E-state index contributed by atoms with van der Waals surface area (Å²) in [5, 5.41) is 0. The third kappa shape index (κ3) is 2.66. The quantitative estimate of drug-likeness (QED) is 0.618. The Morgan fingerprint density at radius 2 is 2.23 bits per heavy atom. The molecule has 2 atom stereocenters. The van der Waals surface area contributed by atoms with Crippen molar-refractivity contribution in [2.45, 2.75) is 45.1 Å². The highest BCUT2D eigenvalue weighted by molar-refractivity contribution is 5.78. The monoisotopic (exact) mass is 190 g/mol. The van der Waals surface area contributed by atoms with E-state index in [1.54, 1.807) is 0 Å². The molecular formula is C9H15FO3. The van der Waals surface area contributed by atoms with Crippen LogP contribution in [0.3, 0.4) is 0 Å². The topological polar surface area (TPSA) is 35.5 Å². The molecule has 0 aromatic carbocycles. The summed E-state index contributed by atoms with van der Waals surface area (Å²) in [5.41, 5.74) is -1.91. The third-order valence-corrected chi connectivity index (χ3v) is 2.05.